The van der Waals surface area contributed by atoms with Crippen molar-refractivity contribution in [3.8, 4) is 0 Å². The minimum atomic E-state index is -3.30. The monoisotopic (exact) mass is 262 g/mol. The molecule has 0 bridgehead atoms. The smallest absolute Gasteiger partial charge is 0.237 e. The van der Waals surface area contributed by atoms with Gasteiger partial charge in [-0.1, -0.05) is 0 Å². The lowest BCUT2D eigenvalue weighted by molar-refractivity contribution is -0.128. The van der Waals surface area contributed by atoms with Gasteiger partial charge in [0.1, 0.15) is 5.75 Å². The van der Waals surface area contributed by atoms with Gasteiger partial charge in [-0.2, -0.15) is 0 Å². The highest BCUT2D eigenvalue weighted by Crippen LogP contribution is 2.13. The molecule has 0 aliphatic carbocycles. The standard InChI is InChI=1S/C11H22N2O3S/c1-3-13(4-2)11(14)9-17(15,16)10-6-5-7-12-8-10/h10,12H,3-9H2,1-2H3. The van der Waals surface area contributed by atoms with Gasteiger partial charge in [0, 0.05) is 19.6 Å². The summed E-state index contributed by atoms with van der Waals surface area (Å²) in [6, 6.07) is 0. The molecule has 100 valence electrons. The number of hydrogen-bond donors (Lipinski definition) is 1. The Bertz CT molecular complexity index is 344. The van der Waals surface area contributed by atoms with Gasteiger partial charge in [-0.15, -0.1) is 0 Å². The van der Waals surface area contributed by atoms with Gasteiger partial charge in [-0.05, 0) is 33.2 Å². The van der Waals surface area contributed by atoms with Gasteiger partial charge in [-0.3, -0.25) is 4.79 Å². The summed E-state index contributed by atoms with van der Waals surface area (Å²) in [4.78, 5) is 13.4. The zero-order valence-corrected chi connectivity index (χ0v) is 11.4. The van der Waals surface area contributed by atoms with Crippen LogP contribution in [0.5, 0.6) is 0 Å². The topological polar surface area (TPSA) is 66.5 Å². The molecule has 1 rings (SSSR count). The molecule has 17 heavy (non-hydrogen) atoms. The van der Waals surface area contributed by atoms with Gasteiger partial charge in [0.15, 0.2) is 9.84 Å². The van der Waals surface area contributed by atoms with Crippen molar-refractivity contribution in [1.29, 1.82) is 0 Å². The Morgan fingerprint density at radius 3 is 2.47 bits per heavy atom. The number of amides is 1. The number of sulfone groups is 1. The van der Waals surface area contributed by atoms with Crippen molar-refractivity contribution in [3.63, 3.8) is 0 Å². The summed E-state index contributed by atoms with van der Waals surface area (Å²) in [5.74, 6) is -0.623. The summed E-state index contributed by atoms with van der Waals surface area (Å²) in [7, 11) is -3.30. The molecule has 1 amide bonds. The maximum Gasteiger partial charge on any atom is 0.237 e. The first kappa shape index (κ1) is 14.4. The number of nitrogens with one attached hydrogen (secondary N) is 1. The van der Waals surface area contributed by atoms with Crippen LogP contribution in [0.15, 0.2) is 0 Å². The number of hydrogen-bond acceptors (Lipinski definition) is 4. The fraction of sp³-hybridized carbons (Fsp3) is 0.909. The molecule has 1 heterocycles. The van der Waals surface area contributed by atoms with Crippen molar-refractivity contribution >= 4 is 15.7 Å². The fourth-order valence-corrected chi connectivity index (χ4v) is 3.74. The maximum atomic E-state index is 12.0. The van der Waals surface area contributed by atoms with Crippen molar-refractivity contribution in [1.82, 2.24) is 10.2 Å². The minimum absolute atomic E-state index is 0.277. The van der Waals surface area contributed by atoms with Crippen LogP contribution >= 0.6 is 0 Å². The molecule has 1 atom stereocenters. The molecule has 0 spiro atoms. The third-order valence-electron chi connectivity index (χ3n) is 3.20. The van der Waals surface area contributed by atoms with E-state index in [0.717, 1.165) is 13.0 Å². The molecule has 0 aromatic heterocycles. The summed E-state index contributed by atoms with van der Waals surface area (Å²) in [5.41, 5.74) is 0. The van der Waals surface area contributed by atoms with Gasteiger partial charge in [-0.25, -0.2) is 8.42 Å². The van der Waals surface area contributed by atoms with Crippen molar-refractivity contribution in [2.75, 3.05) is 31.9 Å². The molecule has 1 aliphatic heterocycles. The average molecular weight is 262 g/mol. The van der Waals surface area contributed by atoms with E-state index in [9.17, 15) is 13.2 Å². The highest BCUT2D eigenvalue weighted by molar-refractivity contribution is 7.92. The number of piperidine rings is 1. The second-order valence-corrected chi connectivity index (χ2v) is 6.62. The predicted octanol–water partition coefficient (Wildman–Crippen LogP) is 0.0216. The van der Waals surface area contributed by atoms with Crippen LogP contribution < -0.4 is 5.32 Å². The van der Waals surface area contributed by atoms with Crippen LogP contribution in [0.1, 0.15) is 26.7 Å². The molecule has 0 aromatic rings. The van der Waals surface area contributed by atoms with Crippen LogP contribution in [0.2, 0.25) is 0 Å². The summed E-state index contributed by atoms with van der Waals surface area (Å²) in [6.07, 6.45) is 1.53. The normalized spacial score (nSPS) is 21.2. The first-order chi connectivity index (χ1) is 8.01. The largest absolute Gasteiger partial charge is 0.342 e. The molecule has 5 nitrogen and oxygen atoms in total. The van der Waals surface area contributed by atoms with Crippen LogP contribution in [-0.2, 0) is 14.6 Å². The van der Waals surface area contributed by atoms with Crippen molar-refractivity contribution in [2.45, 2.75) is 31.9 Å². The number of carbonyl (C=O) groups excluding carboxylic acids is 1. The van der Waals surface area contributed by atoms with E-state index >= 15 is 0 Å². The number of carbonyl (C=O) groups is 1. The summed E-state index contributed by atoms with van der Waals surface area (Å²) < 4.78 is 24.1. The van der Waals surface area contributed by atoms with E-state index < -0.39 is 15.1 Å². The molecule has 1 aliphatic rings. The van der Waals surface area contributed by atoms with E-state index in [2.05, 4.69) is 5.32 Å². The minimum Gasteiger partial charge on any atom is -0.342 e. The molecule has 1 saturated heterocycles. The molecule has 6 heteroatoms. The van der Waals surface area contributed by atoms with Gasteiger partial charge in [0.2, 0.25) is 5.91 Å². The summed E-state index contributed by atoms with van der Waals surface area (Å²) >= 11 is 0. The maximum absolute atomic E-state index is 12.0. The van der Waals surface area contributed by atoms with Crippen molar-refractivity contribution in [3.05, 3.63) is 0 Å². The molecule has 0 saturated carbocycles. The summed E-state index contributed by atoms with van der Waals surface area (Å²) in [6.45, 7) is 6.19. The van der Waals surface area contributed by atoms with Crippen LogP contribution in [0.3, 0.4) is 0 Å². The molecule has 0 aromatic carbocycles. The van der Waals surface area contributed by atoms with E-state index in [1.165, 1.54) is 0 Å². The van der Waals surface area contributed by atoms with Crippen LogP contribution in [0.25, 0.3) is 0 Å². The van der Waals surface area contributed by atoms with E-state index in [4.69, 9.17) is 0 Å². The Balaban J connectivity index is 2.62. The van der Waals surface area contributed by atoms with Gasteiger partial charge in [0.25, 0.3) is 0 Å². The van der Waals surface area contributed by atoms with Gasteiger partial charge in [0.05, 0.1) is 5.25 Å². The quantitative estimate of drug-likeness (QED) is 0.758. The molecular weight excluding hydrogens is 240 g/mol. The SMILES string of the molecule is CCN(CC)C(=O)CS(=O)(=O)C1CCCNC1. The molecule has 0 radical (unpaired) electrons. The van der Waals surface area contributed by atoms with Gasteiger partial charge >= 0.3 is 0 Å². The fourth-order valence-electron chi connectivity index (χ4n) is 2.08. The first-order valence-electron chi connectivity index (χ1n) is 6.21. The Kier molecular flexibility index (Phi) is 5.39. The lowest BCUT2D eigenvalue weighted by atomic mass is 10.2. The highest BCUT2D eigenvalue weighted by Gasteiger charge is 2.30. The van der Waals surface area contributed by atoms with Crippen molar-refractivity contribution in [2.24, 2.45) is 0 Å². The second kappa shape index (κ2) is 6.35. The zero-order chi connectivity index (χ0) is 12.9. The van der Waals surface area contributed by atoms with Crippen molar-refractivity contribution < 1.29 is 13.2 Å². The third-order valence-corrected chi connectivity index (χ3v) is 5.27. The average Bonchev–Trinajstić information content (AvgIpc) is 2.31. The highest BCUT2D eigenvalue weighted by atomic mass is 32.2. The Morgan fingerprint density at radius 2 is 2.00 bits per heavy atom. The molecule has 1 unspecified atom stereocenters. The molecule has 1 N–H and O–H groups in total. The van der Waals surface area contributed by atoms with E-state index in [0.29, 0.717) is 26.1 Å². The van der Waals surface area contributed by atoms with E-state index in [1.807, 2.05) is 13.8 Å². The van der Waals surface area contributed by atoms with Gasteiger partial charge < -0.3 is 10.2 Å². The second-order valence-electron chi connectivity index (χ2n) is 4.34. The third kappa shape index (κ3) is 3.96. The van der Waals surface area contributed by atoms with E-state index in [1.54, 1.807) is 4.90 Å². The zero-order valence-electron chi connectivity index (χ0n) is 10.6. The van der Waals surface area contributed by atoms with Crippen LogP contribution in [-0.4, -0.2) is 56.4 Å². The molecular formula is C11H22N2O3S. The Labute approximate surface area is 103 Å². The predicted molar refractivity (Wildman–Crippen MR) is 67.6 cm³/mol. The van der Waals surface area contributed by atoms with Crippen LogP contribution in [0, 0.1) is 0 Å². The Hall–Kier alpha value is -0.620. The van der Waals surface area contributed by atoms with Crippen LogP contribution in [0.4, 0.5) is 0 Å². The first-order valence-corrected chi connectivity index (χ1v) is 7.92. The lowest BCUT2D eigenvalue weighted by Crippen LogP contribution is -2.43. The Morgan fingerprint density at radius 1 is 1.35 bits per heavy atom. The summed E-state index contributed by atoms with van der Waals surface area (Å²) in [5, 5.41) is 2.67. The number of nitrogens with zero attached hydrogens (tertiary/aromatic N) is 1. The number of rotatable bonds is 5. The molecule has 1 fully saturated rings. The lowest BCUT2D eigenvalue weighted by Gasteiger charge is -2.24. The van der Waals surface area contributed by atoms with E-state index in [-0.39, 0.29) is 11.7 Å².